The van der Waals surface area contributed by atoms with Gasteiger partial charge in [-0.2, -0.15) is 0 Å². The molecule has 0 aliphatic carbocycles. The van der Waals surface area contributed by atoms with Gasteiger partial charge in [0, 0.05) is 15.3 Å². The Bertz CT molecular complexity index is 633. The van der Waals surface area contributed by atoms with E-state index >= 15 is 0 Å². The molecule has 0 fully saturated rings. The van der Waals surface area contributed by atoms with Gasteiger partial charge in [0.05, 0.1) is 16.9 Å². The van der Waals surface area contributed by atoms with Crippen LogP contribution in [-0.2, 0) is 0 Å². The smallest absolute Gasteiger partial charge is 0.141 e. The summed E-state index contributed by atoms with van der Waals surface area (Å²) in [4.78, 5) is 5.17. The van der Waals surface area contributed by atoms with Crippen molar-refractivity contribution in [2.75, 3.05) is 7.11 Å². The highest BCUT2D eigenvalue weighted by Gasteiger charge is 2.19. The molecular weight excluding hydrogens is 280 g/mol. The Labute approximate surface area is 118 Å². The topological polar surface area (TPSA) is 9.23 Å². The molecule has 4 heteroatoms. The van der Waals surface area contributed by atoms with Crippen molar-refractivity contribution in [3.63, 3.8) is 0 Å². The lowest BCUT2D eigenvalue weighted by Crippen LogP contribution is -1.84. The van der Waals surface area contributed by atoms with Crippen LogP contribution in [-0.4, -0.2) is 7.11 Å². The molecular formula is C14H12OS3. The minimum absolute atomic E-state index is 1.02. The van der Waals surface area contributed by atoms with E-state index in [4.69, 9.17) is 4.74 Å². The maximum absolute atomic E-state index is 5.60. The zero-order valence-electron chi connectivity index (χ0n) is 10.1. The van der Waals surface area contributed by atoms with E-state index in [1.54, 1.807) is 29.8 Å². The lowest BCUT2D eigenvalue weighted by Gasteiger charge is -2.01. The fraction of sp³-hybridized carbons (Fsp3) is 0.143. The number of hydrogen-bond donors (Lipinski definition) is 0. The van der Waals surface area contributed by atoms with Gasteiger partial charge in [0.1, 0.15) is 5.75 Å². The van der Waals surface area contributed by atoms with Crippen LogP contribution in [0, 0.1) is 6.92 Å². The summed E-state index contributed by atoms with van der Waals surface area (Å²) in [6.07, 6.45) is 0. The summed E-state index contributed by atoms with van der Waals surface area (Å²) in [6, 6.07) is 8.49. The second-order valence-electron chi connectivity index (χ2n) is 3.87. The standard InChI is InChI=1S/C14H12OS3/c1-9-12(15-2)14(11-6-4-8-17-11)18-13(9)10-5-3-7-16-10/h3-8H,1-2H3. The van der Waals surface area contributed by atoms with E-state index in [9.17, 15) is 0 Å². The maximum Gasteiger partial charge on any atom is 0.141 e. The molecule has 0 bridgehead atoms. The molecule has 0 aliphatic heterocycles. The van der Waals surface area contributed by atoms with Crippen molar-refractivity contribution in [1.29, 1.82) is 0 Å². The molecule has 0 saturated heterocycles. The van der Waals surface area contributed by atoms with Gasteiger partial charge >= 0.3 is 0 Å². The third-order valence-electron chi connectivity index (χ3n) is 2.79. The monoisotopic (exact) mass is 292 g/mol. The number of methoxy groups -OCH3 is 1. The molecule has 3 aromatic rings. The molecule has 3 heterocycles. The highest BCUT2D eigenvalue weighted by molar-refractivity contribution is 7.26. The molecule has 0 N–H and O–H groups in total. The molecule has 0 aliphatic rings. The molecule has 0 unspecified atom stereocenters. The first kappa shape index (κ1) is 12.0. The van der Waals surface area contributed by atoms with E-state index in [0.29, 0.717) is 0 Å². The van der Waals surface area contributed by atoms with Crippen LogP contribution in [0.15, 0.2) is 35.0 Å². The van der Waals surface area contributed by atoms with Crippen LogP contribution in [0.2, 0.25) is 0 Å². The molecule has 0 spiro atoms. The minimum Gasteiger partial charge on any atom is -0.495 e. The SMILES string of the molecule is COc1c(-c2cccs2)sc(-c2cccs2)c1C. The summed E-state index contributed by atoms with van der Waals surface area (Å²) in [6.45, 7) is 2.14. The number of rotatable bonds is 3. The number of ether oxygens (including phenoxy) is 1. The quantitative estimate of drug-likeness (QED) is 0.617. The average Bonchev–Trinajstić information content (AvgIpc) is 3.09. The van der Waals surface area contributed by atoms with Crippen LogP contribution in [0.4, 0.5) is 0 Å². The maximum atomic E-state index is 5.60. The van der Waals surface area contributed by atoms with Gasteiger partial charge in [-0.25, -0.2) is 0 Å². The third-order valence-corrected chi connectivity index (χ3v) is 6.16. The summed E-state index contributed by atoms with van der Waals surface area (Å²) < 4.78 is 5.60. The van der Waals surface area contributed by atoms with Crippen LogP contribution in [0.25, 0.3) is 19.5 Å². The second-order valence-corrected chi connectivity index (χ2v) is 6.79. The van der Waals surface area contributed by atoms with Crippen molar-refractivity contribution < 1.29 is 4.74 Å². The Morgan fingerprint density at radius 2 is 1.56 bits per heavy atom. The van der Waals surface area contributed by atoms with Crippen LogP contribution in [0.5, 0.6) is 5.75 Å². The van der Waals surface area contributed by atoms with Crippen LogP contribution < -0.4 is 4.74 Å². The zero-order chi connectivity index (χ0) is 12.5. The molecule has 3 rings (SSSR count). The second kappa shape index (κ2) is 4.88. The first-order valence-corrected chi connectivity index (χ1v) is 8.14. The normalized spacial score (nSPS) is 10.8. The lowest BCUT2D eigenvalue weighted by atomic mass is 10.2. The molecule has 92 valence electrons. The van der Waals surface area contributed by atoms with E-state index < -0.39 is 0 Å². The molecule has 1 nitrogen and oxygen atoms in total. The van der Waals surface area contributed by atoms with Crippen LogP contribution in [0.3, 0.4) is 0 Å². The number of hydrogen-bond acceptors (Lipinski definition) is 4. The Balaban J connectivity index is 2.19. The molecule has 0 radical (unpaired) electrons. The Morgan fingerprint density at radius 1 is 0.944 bits per heavy atom. The van der Waals surface area contributed by atoms with Crippen molar-refractivity contribution in [2.24, 2.45) is 0 Å². The van der Waals surface area contributed by atoms with Crippen molar-refractivity contribution >= 4 is 34.0 Å². The molecule has 0 atom stereocenters. The summed E-state index contributed by atoms with van der Waals surface area (Å²) in [7, 11) is 1.75. The summed E-state index contributed by atoms with van der Waals surface area (Å²) in [5.41, 5.74) is 1.24. The van der Waals surface area contributed by atoms with Crippen molar-refractivity contribution in [2.45, 2.75) is 6.92 Å². The average molecular weight is 292 g/mol. The third kappa shape index (κ3) is 1.90. The van der Waals surface area contributed by atoms with Crippen LogP contribution in [0.1, 0.15) is 5.56 Å². The fourth-order valence-electron chi connectivity index (χ4n) is 1.96. The Hall–Kier alpha value is -1.10. The Morgan fingerprint density at radius 3 is 2.06 bits per heavy atom. The van der Waals surface area contributed by atoms with Gasteiger partial charge in [-0.1, -0.05) is 12.1 Å². The summed E-state index contributed by atoms with van der Waals surface area (Å²) in [5.74, 6) is 1.02. The summed E-state index contributed by atoms with van der Waals surface area (Å²) >= 11 is 5.36. The van der Waals surface area contributed by atoms with E-state index in [1.807, 2.05) is 11.3 Å². The molecule has 0 saturated carbocycles. The lowest BCUT2D eigenvalue weighted by molar-refractivity contribution is 0.415. The summed E-state index contributed by atoms with van der Waals surface area (Å²) in [5, 5.41) is 4.22. The van der Waals surface area contributed by atoms with Gasteiger partial charge in [-0.05, 0) is 29.8 Å². The highest BCUT2D eigenvalue weighted by atomic mass is 32.1. The van der Waals surface area contributed by atoms with Gasteiger partial charge in [0.15, 0.2) is 0 Å². The van der Waals surface area contributed by atoms with E-state index in [2.05, 4.69) is 41.9 Å². The van der Waals surface area contributed by atoms with E-state index in [0.717, 1.165) is 5.75 Å². The first-order chi connectivity index (χ1) is 8.81. The molecule has 0 aromatic carbocycles. The van der Waals surface area contributed by atoms with Crippen molar-refractivity contribution in [3.05, 3.63) is 40.6 Å². The predicted molar refractivity (Wildman–Crippen MR) is 82.2 cm³/mol. The molecule has 0 amide bonds. The van der Waals surface area contributed by atoms with E-state index in [-0.39, 0.29) is 0 Å². The van der Waals surface area contributed by atoms with Gasteiger partial charge in [-0.15, -0.1) is 34.0 Å². The first-order valence-electron chi connectivity index (χ1n) is 5.56. The largest absolute Gasteiger partial charge is 0.495 e. The molecule has 18 heavy (non-hydrogen) atoms. The highest BCUT2D eigenvalue weighted by Crippen LogP contribution is 2.48. The van der Waals surface area contributed by atoms with E-state index in [1.165, 1.54) is 25.1 Å². The molecule has 3 aromatic heterocycles. The number of thiophene rings is 3. The minimum atomic E-state index is 1.02. The van der Waals surface area contributed by atoms with Gasteiger partial charge in [0.2, 0.25) is 0 Å². The van der Waals surface area contributed by atoms with Gasteiger partial charge < -0.3 is 4.74 Å². The van der Waals surface area contributed by atoms with Crippen molar-refractivity contribution in [3.8, 4) is 25.3 Å². The Kier molecular flexibility index (Phi) is 3.24. The van der Waals surface area contributed by atoms with Crippen molar-refractivity contribution in [1.82, 2.24) is 0 Å². The fourth-order valence-corrected chi connectivity index (χ4v) is 4.99. The zero-order valence-corrected chi connectivity index (χ0v) is 12.5. The van der Waals surface area contributed by atoms with Gasteiger partial charge in [0.25, 0.3) is 0 Å². The predicted octanol–water partition coefficient (Wildman–Crippen LogP) is 5.52. The van der Waals surface area contributed by atoms with Crippen LogP contribution >= 0.6 is 34.0 Å². The van der Waals surface area contributed by atoms with Gasteiger partial charge in [-0.3, -0.25) is 0 Å².